The maximum Gasteiger partial charge on any atom is 0.226 e. The molecule has 0 aliphatic heterocycles. The van der Waals surface area contributed by atoms with E-state index in [0.717, 1.165) is 28.1 Å². The third-order valence-corrected chi connectivity index (χ3v) is 4.40. The molecule has 0 saturated heterocycles. The number of ether oxygens (including phenoxy) is 1. The first kappa shape index (κ1) is 20.5. The standard InChI is InChI=1S/C22H28N2O3/c1-16-13-17(2)15-20(14-16)23-22(26)10-12-24(18(3)25)11-9-19-7-5-6-8-21(19)27-4/h5-8,13-15H,9-12H2,1-4H3,(H,23,26). The van der Waals surface area contributed by atoms with Crippen LogP contribution in [0.2, 0.25) is 0 Å². The maximum atomic E-state index is 12.3. The third kappa shape index (κ3) is 6.44. The van der Waals surface area contributed by atoms with E-state index < -0.39 is 0 Å². The minimum atomic E-state index is -0.0939. The molecule has 2 rings (SSSR count). The molecule has 2 amide bonds. The van der Waals surface area contributed by atoms with Gasteiger partial charge in [0.25, 0.3) is 0 Å². The van der Waals surface area contributed by atoms with Crippen LogP contribution in [0.25, 0.3) is 0 Å². The Hall–Kier alpha value is -2.82. The van der Waals surface area contributed by atoms with Gasteiger partial charge in [0.15, 0.2) is 0 Å². The van der Waals surface area contributed by atoms with E-state index in [-0.39, 0.29) is 18.2 Å². The van der Waals surface area contributed by atoms with Crippen LogP contribution in [0, 0.1) is 13.8 Å². The third-order valence-electron chi connectivity index (χ3n) is 4.40. The number of rotatable bonds is 8. The average molecular weight is 368 g/mol. The fourth-order valence-electron chi connectivity index (χ4n) is 3.10. The normalized spacial score (nSPS) is 10.4. The first-order chi connectivity index (χ1) is 12.9. The molecule has 0 saturated carbocycles. The van der Waals surface area contributed by atoms with E-state index in [1.54, 1.807) is 12.0 Å². The molecule has 0 aliphatic carbocycles. The molecule has 0 spiro atoms. The zero-order chi connectivity index (χ0) is 19.8. The molecular formula is C22H28N2O3. The summed E-state index contributed by atoms with van der Waals surface area (Å²) in [4.78, 5) is 25.9. The van der Waals surface area contributed by atoms with Crippen LogP contribution in [0.1, 0.15) is 30.0 Å². The Kier molecular flexibility index (Phi) is 7.41. The number of hydrogen-bond donors (Lipinski definition) is 1. The summed E-state index contributed by atoms with van der Waals surface area (Å²) in [5, 5.41) is 2.91. The highest BCUT2D eigenvalue weighted by Gasteiger charge is 2.13. The Morgan fingerprint density at radius 1 is 1.04 bits per heavy atom. The second kappa shape index (κ2) is 9.76. The molecule has 0 aromatic heterocycles. The number of carbonyl (C=O) groups excluding carboxylic acids is 2. The number of hydrogen-bond acceptors (Lipinski definition) is 3. The van der Waals surface area contributed by atoms with Crippen molar-refractivity contribution < 1.29 is 14.3 Å². The molecule has 0 atom stereocenters. The van der Waals surface area contributed by atoms with Gasteiger partial charge in [0, 0.05) is 32.1 Å². The van der Waals surface area contributed by atoms with E-state index in [1.807, 2.05) is 50.2 Å². The quantitative estimate of drug-likeness (QED) is 0.772. The van der Waals surface area contributed by atoms with Crippen molar-refractivity contribution in [2.45, 2.75) is 33.6 Å². The van der Waals surface area contributed by atoms with Crippen molar-refractivity contribution in [3.63, 3.8) is 0 Å². The van der Waals surface area contributed by atoms with Crippen molar-refractivity contribution in [3.8, 4) is 5.75 Å². The van der Waals surface area contributed by atoms with Crippen LogP contribution in [0.3, 0.4) is 0 Å². The van der Waals surface area contributed by atoms with E-state index in [1.165, 1.54) is 6.92 Å². The number of para-hydroxylation sites is 1. The van der Waals surface area contributed by atoms with Crippen molar-refractivity contribution in [2.75, 3.05) is 25.5 Å². The maximum absolute atomic E-state index is 12.3. The minimum absolute atomic E-state index is 0.0379. The smallest absolute Gasteiger partial charge is 0.226 e. The number of aryl methyl sites for hydroxylation is 2. The van der Waals surface area contributed by atoms with Gasteiger partial charge in [0.2, 0.25) is 11.8 Å². The molecule has 144 valence electrons. The monoisotopic (exact) mass is 368 g/mol. The first-order valence-electron chi connectivity index (χ1n) is 9.14. The lowest BCUT2D eigenvalue weighted by Gasteiger charge is -2.21. The van der Waals surface area contributed by atoms with Gasteiger partial charge in [0.05, 0.1) is 7.11 Å². The number of amides is 2. The number of nitrogens with zero attached hydrogens (tertiary/aromatic N) is 1. The van der Waals surface area contributed by atoms with Gasteiger partial charge < -0.3 is 15.0 Å². The van der Waals surface area contributed by atoms with Gasteiger partial charge in [-0.1, -0.05) is 24.3 Å². The summed E-state index contributed by atoms with van der Waals surface area (Å²) >= 11 is 0. The van der Waals surface area contributed by atoms with Crippen LogP contribution in [0.4, 0.5) is 5.69 Å². The summed E-state index contributed by atoms with van der Waals surface area (Å²) in [5.74, 6) is 0.682. The Bertz CT molecular complexity index is 782. The van der Waals surface area contributed by atoms with Gasteiger partial charge >= 0.3 is 0 Å². The molecule has 1 N–H and O–H groups in total. The van der Waals surface area contributed by atoms with E-state index in [9.17, 15) is 9.59 Å². The second-order valence-electron chi connectivity index (χ2n) is 6.74. The second-order valence-corrected chi connectivity index (χ2v) is 6.74. The highest BCUT2D eigenvalue weighted by Crippen LogP contribution is 2.18. The summed E-state index contributed by atoms with van der Waals surface area (Å²) in [7, 11) is 1.64. The molecule has 0 radical (unpaired) electrons. The molecule has 0 aliphatic rings. The molecule has 0 unspecified atom stereocenters. The molecular weight excluding hydrogens is 340 g/mol. The van der Waals surface area contributed by atoms with Crippen LogP contribution in [-0.2, 0) is 16.0 Å². The summed E-state index contributed by atoms with van der Waals surface area (Å²) in [6.45, 7) is 6.47. The first-order valence-corrected chi connectivity index (χ1v) is 9.14. The molecule has 2 aromatic rings. The van der Waals surface area contributed by atoms with Gasteiger partial charge in [-0.2, -0.15) is 0 Å². The summed E-state index contributed by atoms with van der Waals surface area (Å²) in [6.07, 6.45) is 0.945. The number of carbonyl (C=O) groups is 2. The van der Waals surface area contributed by atoms with Crippen molar-refractivity contribution in [1.82, 2.24) is 4.90 Å². The number of methoxy groups -OCH3 is 1. The van der Waals surface area contributed by atoms with Gasteiger partial charge in [-0.05, 0) is 55.2 Å². The number of anilines is 1. The fourth-order valence-corrected chi connectivity index (χ4v) is 3.10. The zero-order valence-corrected chi connectivity index (χ0v) is 16.5. The van der Waals surface area contributed by atoms with Crippen molar-refractivity contribution in [2.24, 2.45) is 0 Å². The molecule has 27 heavy (non-hydrogen) atoms. The van der Waals surface area contributed by atoms with E-state index in [0.29, 0.717) is 19.5 Å². The SMILES string of the molecule is COc1ccccc1CCN(CCC(=O)Nc1cc(C)cc(C)c1)C(C)=O. The Labute approximate surface area is 161 Å². The molecule has 0 bridgehead atoms. The van der Waals surface area contributed by atoms with Crippen molar-refractivity contribution in [3.05, 3.63) is 59.2 Å². The van der Waals surface area contributed by atoms with Crippen LogP contribution in [0.15, 0.2) is 42.5 Å². The minimum Gasteiger partial charge on any atom is -0.496 e. The fraction of sp³-hybridized carbons (Fsp3) is 0.364. The lowest BCUT2D eigenvalue weighted by atomic mass is 10.1. The number of benzene rings is 2. The largest absolute Gasteiger partial charge is 0.496 e. The average Bonchev–Trinajstić information content (AvgIpc) is 2.60. The van der Waals surface area contributed by atoms with Crippen LogP contribution >= 0.6 is 0 Å². The molecule has 5 nitrogen and oxygen atoms in total. The summed E-state index contributed by atoms with van der Waals surface area (Å²) < 4.78 is 5.35. The van der Waals surface area contributed by atoms with Crippen LogP contribution in [0.5, 0.6) is 5.75 Å². The van der Waals surface area contributed by atoms with E-state index >= 15 is 0 Å². The molecule has 0 fully saturated rings. The zero-order valence-electron chi connectivity index (χ0n) is 16.5. The van der Waals surface area contributed by atoms with Gasteiger partial charge in [0.1, 0.15) is 5.75 Å². The Morgan fingerprint density at radius 3 is 2.33 bits per heavy atom. The highest BCUT2D eigenvalue weighted by atomic mass is 16.5. The number of nitrogens with one attached hydrogen (secondary N) is 1. The van der Waals surface area contributed by atoms with Crippen molar-refractivity contribution >= 4 is 17.5 Å². The summed E-state index contributed by atoms with van der Waals surface area (Å²) in [6, 6.07) is 13.7. The topological polar surface area (TPSA) is 58.6 Å². The molecule has 5 heteroatoms. The molecule has 0 heterocycles. The van der Waals surface area contributed by atoms with Crippen LogP contribution < -0.4 is 10.1 Å². The van der Waals surface area contributed by atoms with E-state index in [2.05, 4.69) is 11.4 Å². The van der Waals surface area contributed by atoms with E-state index in [4.69, 9.17) is 4.74 Å². The van der Waals surface area contributed by atoms with Gasteiger partial charge in [-0.25, -0.2) is 0 Å². The lowest BCUT2D eigenvalue weighted by Crippen LogP contribution is -2.33. The van der Waals surface area contributed by atoms with Gasteiger partial charge in [-0.15, -0.1) is 0 Å². The predicted octanol–water partition coefficient (Wildman–Crippen LogP) is 3.73. The molecule has 2 aromatic carbocycles. The lowest BCUT2D eigenvalue weighted by molar-refractivity contribution is -0.129. The van der Waals surface area contributed by atoms with Crippen molar-refractivity contribution in [1.29, 1.82) is 0 Å². The Balaban J connectivity index is 1.90. The Morgan fingerprint density at radius 2 is 1.70 bits per heavy atom. The highest BCUT2D eigenvalue weighted by molar-refractivity contribution is 5.91. The summed E-state index contributed by atoms with van der Waals surface area (Å²) in [5.41, 5.74) is 4.05. The van der Waals surface area contributed by atoms with Crippen LogP contribution in [-0.4, -0.2) is 36.9 Å². The van der Waals surface area contributed by atoms with Gasteiger partial charge in [-0.3, -0.25) is 9.59 Å². The predicted molar refractivity (Wildman–Crippen MR) is 108 cm³/mol.